The lowest BCUT2D eigenvalue weighted by Crippen LogP contribution is -2.34. The van der Waals surface area contributed by atoms with Gasteiger partial charge in [0.25, 0.3) is 0 Å². The molecule has 0 heterocycles. The Kier molecular flexibility index (Phi) is 4.59. The third kappa shape index (κ3) is 3.22. The Morgan fingerprint density at radius 2 is 1.89 bits per heavy atom. The molecule has 2 rings (SSSR count). The third-order valence-electron chi connectivity index (χ3n) is 4.05. The SMILES string of the molecule is CNC1CCC(CN(C)c2ccccc2F)CC1. The lowest BCUT2D eigenvalue weighted by atomic mass is 9.86. The fraction of sp³-hybridized carbons (Fsp3) is 0.600. The average molecular weight is 250 g/mol. The van der Waals surface area contributed by atoms with Crippen LogP contribution in [0.2, 0.25) is 0 Å². The van der Waals surface area contributed by atoms with Gasteiger partial charge in [-0.3, -0.25) is 0 Å². The lowest BCUT2D eigenvalue weighted by Gasteiger charge is -2.32. The molecule has 1 N–H and O–H groups in total. The molecule has 1 aromatic carbocycles. The van der Waals surface area contributed by atoms with Gasteiger partial charge in [-0.25, -0.2) is 4.39 Å². The second kappa shape index (κ2) is 6.19. The van der Waals surface area contributed by atoms with Crippen LogP contribution in [0.15, 0.2) is 24.3 Å². The molecular weight excluding hydrogens is 227 g/mol. The van der Waals surface area contributed by atoms with E-state index in [0.717, 1.165) is 6.54 Å². The number of para-hydroxylation sites is 1. The summed E-state index contributed by atoms with van der Waals surface area (Å²) >= 11 is 0. The highest BCUT2D eigenvalue weighted by atomic mass is 19.1. The Morgan fingerprint density at radius 1 is 1.22 bits per heavy atom. The summed E-state index contributed by atoms with van der Waals surface area (Å²) in [5.74, 6) is 0.572. The van der Waals surface area contributed by atoms with Crippen molar-refractivity contribution < 1.29 is 4.39 Å². The number of nitrogens with zero attached hydrogens (tertiary/aromatic N) is 1. The summed E-state index contributed by atoms with van der Waals surface area (Å²) in [6, 6.07) is 7.70. The maximum Gasteiger partial charge on any atom is 0.146 e. The van der Waals surface area contributed by atoms with Gasteiger partial charge in [-0.1, -0.05) is 12.1 Å². The van der Waals surface area contributed by atoms with Gasteiger partial charge in [0, 0.05) is 19.6 Å². The zero-order chi connectivity index (χ0) is 13.0. The van der Waals surface area contributed by atoms with E-state index in [-0.39, 0.29) is 5.82 Å². The highest BCUT2D eigenvalue weighted by Gasteiger charge is 2.21. The molecule has 1 aromatic rings. The zero-order valence-corrected chi connectivity index (χ0v) is 11.3. The smallest absolute Gasteiger partial charge is 0.146 e. The lowest BCUT2D eigenvalue weighted by molar-refractivity contribution is 0.304. The van der Waals surface area contributed by atoms with E-state index < -0.39 is 0 Å². The molecule has 2 nitrogen and oxygen atoms in total. The molecule has 1 fully saturated rings. The van der Waals surface area contributed by atoms with Crippen LogP contribution in [-0.2, 0) is 0 Å². The second-order valence-corrected chi connectivity index (χ2v) is 5.34. The normalized spacial score (nSPS) is 23.9. The van der Waals surface area contributed by atoms with Crippen molar-refractivity contribution >= 4 is 5.69 Å². The summed E-state index contributed by atoms with van der Waals surface area (Å²) in [4.78, 5) is 2.06. The standard InChI is InChI=1S/C15H23FN2/c1-17-13-9-7-12(8-10-13)11-18(2)15-6-4-3-5-14(15)16/h3-6,12-13,17H,7-11H2,1-2H3. The van der Waals surface area contributed by atoms with Crippen molar-refractivity contribution in [3.05, 3.63) is 30.1 Å². The highest BCUT2D eigenvalue weighted by Crippen LogP contribution is 2.27. The highest BCUT2D eigenvalue weighted by molar-refractivity contribution is 5.46. The van der Waals surface area contributed by atoms with E-state index in [2.05, 4.69) is 10.2 Å². The quantitative estimate of drug-likeness (QED) is 0.883. The fourth-order valence-electron chi connectivity index (χ4n) is 2.88. The van der Waals surface area contributed by atoms with E-state index >= 15 is 0 Å². The van der Waals surface area contributed by atoms with Crippen LogP contribution >= 0.6 is 0 Å². The molecule has 0 bridgehead atoms. The Labute approximate surface area is 109 Å². The average Bonchev–Trinajstić information content (AvgIpc) is 2.40. The fourth-order valence-corrected chi connectivity index (χ4v) is 2.88. The molecule has 0 spiro atoms. The number of benzene rings is 1. The Morgan fingerprint density at radius 3 is 2.50 bits per heavy atom. The predicted molar refractivity (Wildman–Crippen MR) is 74.5 cm³/mol. The van der Waals surface area contributed by atoms with Gasteiger partial charge >= 0.3 is 0 Å². The molecule has 0 aliphatic heterocycles. The van der Waals surface area contributed by atoms with E-state index in [1.54, 1.807) is 6.07 Å². The molecule has 1 saturated carbocycles. The first-order valence-corrected chi connectivity index (χ1v) is 6.83. The molecule has 0 radical (unpaired) electrons. The number of halogens is 1. The molecular formula is C15H23FN2. The molecule has 18 heavy (non-hydrogen) atoms. The largest absolute Gasteiger partial charge is 0.372 e. The first-order valence-electron chi connectivity index (χ1n) is 6.83. The van der Waals surface area contributed by atoms with Crippen LogP contribution in [0.3, 0.4) is 0 Å². The summed E-state index contributed by atoms with van der Waals surface area (Å²) in [7, 11) is 4.03. The van der Waals surface area contributed by atoms with Gasteiger partial charge in [0.15, 0.2) is 0 Å². The van der Waals surface area contributed by atoms with Crippen LogP contribution in [0.25, 0.3) is 0 Å². The summed E-state index contributed by atoms with van der Waals surface area (Å²) in [5, 5.41) is 3.34. The molecule has 1 aliphatic carbocycles. The minimum absolute atomic E-state index is 0.121. The molecule has 0 unspecified atom stereocenters. The third-order valence-corrected chi connectivity index (χ3v) is 4.05. The summed E-state index contributed by atoms with van der Waals surface area (Å²) in [5.41, 5.74) is 0.716. The predicted octanol–water partition coefficient (Wildman–Crippen LogP) is 3.04. The van der Waals surface area contributed by atoms with Gasteiger partial charge in [0.2, 0.25) is 0 Å². The van der Waals surface area contributed by atoms with Gasteiger partial charge in [-0.05, 0) is 50.8 Å². The van der Waals surface area contributed by atoms with Crippen molar-refractivity contribution in [1.29, 1.82) is 0 Å². The van der Waals surface area contributed by atoms with Crippen LogP contribution < -0.4 is 10.2 Å². The Hall–Kier alpha value is -1.09. The van der Waals surface area contributed by atoms with E-state index in [1.807, 2.05) is 26.2 Å². The first-order chi connectivity index (χ1) is 8.70. The molecule has 0 saturated heterocycles. The van der Waals surface area contributed by atoms with Crippen molar-refractivity contribution in [2.45, 2.75) is 31.7 Å². The maximum absolute atomic E-state index is 13.7. The van der Waals surface area contributed by atoms with Crippen molar-refractivity contribution in [2.24, 2.45) is 5.92 Å². The minimum atomic E-state index is -0.121. The summed E-state index contributed by atoms with van der Waals surface area (Å²) in [6.45, 7) is 0.956. The van der Waals surface area contributed by atoms with Crippen LogP contribution in [0.4, 0.5) is 10.1 Å². The number of hydrogen-bond donors (Lipinski definition) is 1. The van der Waals surface area contributed by atoms with E-state index in [4.69, 9.17) is 0 Å². The van der Waals surface area contributed by atoms with E-state index in [1.165, 1.54) is 31.7 Å². The number of nitrogens with one attached hydrogen (secondary N) is 1. The van der Waals surface area contributed by atoms with Gasteiger partial charge in [-0.15, -0.1) is 0 Å². The molecule has 1 aliphatic rings. The van der Waals surface area contributed by atoms with E-state index in [9.17, 15) is 4.39 Å². The molecule has 0 amide bonds. The number of rotatable bonds is 4. The summed E-state index contributed by atoms with van der Waals surface area (Å²) in [6.07, 6.45) is 4.97. The van der Waals surface area contributed by atoms with E-state index in [0.29, 0.717) is 17.6 Å². The Bertz CT molecular complexity index is 373. The van der Waals surface area contributed by atoms with Crippen molar-refractivity contribution in [2.75, 3.05) is 25.5 Å². The van der Waals surface area contributed by atoms with Crippen LogP contribution in [0, 0.1) is 11.7 Å². The molecule has 0 aromatic heterocycles. The van der Waals surface area contributed by atoms with Crippen molar-refractivity contribution in [3.63, 3.8) is 0 Å². The first kappa shape index (κ1) is 13.3. The van der Waals surface area contributed by atoms with Gasteiger partial charge < -0.3 is 10.2 Å². The van der Waals surface area contributed by atoms with Crippen molar-refractivity contribution in [3.8, 4) is 0 Å². The molecule has 100 valence electrons. The summed E-state index contributed by atoms with van der Waals surface area (Å²) < 4.78 is 13.7. The zero-order valence-electron chi connectivity index (χ0n) is 11.3. The van der Waals surface area contributed by atoms with Gasteiger partial charge in [0.05, 0.1) is 5.69 Å². The van der Waals surface area contributed by atoms with Crippen LogP contribution in [-0.4, -0.2) is 26.7 Å². The second-order valence-electron chi connectivity index (χ2n) is 5.34. The number of hydrogen-bond acceptors (Lipinski definition) is 2. The Balaban J connectivity index is 1.89. The van der Waals surface area contributed by atoms with Gasteiger partial charge in [0.1, 0.15) is 5.82 Å². The molecule has 0 atom stereocenters. The van der Waals surface area contributed by atoms with Crippen molar-refractivity contribution in [1.82, 2.24) is 5.32 Å². The number of anilines is 1. The van der Waals surface area contributed by atoms with Crippen LogP contribution in [0.5, 0.6) is 0 Å². The minimum Gasteiger partial charge on any atom is -0.372 e. The van der Waals surface area contributed by atoms with Gasteiger partial charge in [-0.2, -0.15) is 0 Å². The maximum atomic E-state index is 13.7. The monoisotopic (exact) mass is 250 g/mol. The topological polar surface area (TPSA) is 15.3 Å². The molecule has 3 heteroatoms. The van der Waals surface area contributed by atoms with Crippen LogP contribution in [0.1, 0.15) is 25.7 Å².